The lowest BCUT2D eigenvalue weighted by Gasteiger charge is -2.28. The van der Waals surface area contributed by atoms with E-state index in [1.54, 1.807) is 25.1 Å². The van der Waals surface area contributed by atoms with Gasteiger partial charge in [0, 0.05) is 19.8 Å². The summed E-state index contributed by atoms with van der Waals surface area (Å²) < 4.78 is 10.8. The second-order valence-electron chi connectivity index (χ2n) is 5.95. The van der Waals surface area contributed by atoms with Crippen LogP contribution in [0, 0.1) is 11.8 Å². The van der Waals surface area contributed by atoms with E-state index in [0.29, 0.717) is 36.8 Å². The number of carboxylic acids is 1. The molecule has 2 atom stereocenters. The number of ether oxygens (including phenoxy) is 2. The van der Waals surface area contributed by atoms with Gasteiger partial charge in [0.05, 0.1) is 10.9 Å². The highest BCUT2D eigenvalue weighted by Gasteiger charge is 2.30. The number of hydrogen-bond donors (Lipinski definition) is 2. The molecule has 25 heavy (non-hydrogen) atoms. The summed E-state index contributed by atoms with van der Waals surface area (Å²) >= 11 is 11.9. The maximum atomic E-state index is 12.2. The van der Waals surface area contributed by atoms with E-state index in [0.717, 1.165) is 0 Å². The van der Waals surface area contributed by atoms with Crippen LogP contribution in [0.25, 0.3) is 0 Å². The first-order valence-electron chi connectivity index (χ1n) is 8.09. The van der Waals surface area contributed by atoms with Crippen LogP contribution < -0.4 is 10.1 Å². The standard InChI is InChI=1S/C17H21Cl2NO5/c1-10(25-14-4-2-3-13(18)15(14)19)16(21)20-9-12(17(22)23)11-5-7-24-8-6-11/h2-4,10-12H,5-9H2,1H3,(H,20,21)(H,22,23). The number of carbonyl (C=O) groups is 2. The van der Waals surface area contributed by atoms with Crippen molar-refractivity contribution in [2.45, 2.75) is 25.9 Å². The lowest BCUT2D eigenvalue weighted by Crippen LogP contribution is -2.43. The van der Waals surface area contributed by atoms with Gasteiger partial charge in [-0.25, -0.2) is 0 Å². The van der Waals surface area contributed by atoms with Crippen LogP contribution in [-0.2, 0) is 14.3 Å². The second-order valence-corrected chi connectivity index (χ2v) is 6.74. The minimum absolute atomic E-state index is 0.00912. The van der Waals surface area contributed by atoms with Crippen molar-refractivity contribution in [3.8, 4) is 5.75 Å². The van der Waals surface area contributed by atoms with Gasteiger partial charge < -0.3 is 19.9 Å². The van der Waals surface area contributed by atoms with Crippen molar-refractivity contribution in [2.75, 3.05) is 19.8 Å². The van der Waals surface area contributed by atoms with Crippen LogP contribution in [0.15, 0.2) is 18.2 Å². The molecule has 1 heterocycles. The van der Waals surface area contributed by atoms with E-state index in [-0.39, 0.29) is 17.5 Å². The third-order valence-corrected chi connectivity index (χ3v) is 5.04. The van der Waals surface area contributed by atoms with Crippen molar-refractivity contribution in [3.63, 3.8) is 0 Å². The summed E-state index contributed by atoms with van der Waals surface area (Å²) in [7, 11) is 0. The molecular formula is C17H21Cl2NO5. The Morgan fingerprint density at radius 1 is 1.36 bits per heavy atom. The van der Waals surface area contributed by atoms with Crippen LogP contribution in [0.1, 0.15) is 19.8 Å². The number of nitrogens with one attached hydrogen (secondary N) is 1. The molecule has 0 radical (unpaired) electrons. The number of hydrogen-bond acceptors (Lipinski definition) is 4. The Morgan fingerprint density at radius 3 is 2.68 bits per heavy atom. The number of carboxylic acid groups (broad SMARTS) is 1. The molecule has 0 spiro atoms. The van der Waals surface area contributed by atoms with E-state index in [1.165, 1.54) is 0 Å². The molecule has 138 valence electrons. The SMILES string of the molecule is CC(Oc1cccc(Cl)c1Cl)C(=O)NCC(C(=O)O)C1CCOCC1. The first-order valence-corrected chi connectivity index (χ1v) is 8.84. The number of rotatable bonds is 7. The van der Waals surface area contributed by atoms with Gasteiger partial charge in [-0.2, -0.15) is 0 Å². The lowest BCUT2D eigenvalue weighted by atomic mass is 9.86. The van der Waals surface area contributed by atoms with Gasteiger partial charge in [0.1, 0.15) is 10.8 Å². The van der Waals surface area contributed by atoms with Gasteiger partial charge in [0.2, 0.25) is 0 Å². The van der Waals surface area contributed by atoms with Gasteiger partial charge in [-0.1, -0.05) is 29.3 Å². The summed E-state index contributed by atoms with van der Waals surface area (Å²) in [6.07, 6.45) is 0.522. The monoisotopic (exact) mass is 389 g/mol. The molecule has 0 aliphatic carbocycles. The highest BCUT2D eigenvalue weighted by Crippen LogP contribution is 2.32. The molecule has 1 aromatic carbocycles. The summed E-state index contributed by atoms with van der Waals surface area (Å²) in [6.45, 7) is 2.72. The third-order valence-electron chi connectivity index (χ3n) is 4.24. The molecule has 2 unspecified atom stereocenters. The third kappa shape index (κ3) is 5.49. The van der Waals surface area contributed by atoms with E-state index >= 15 is 0 Å². The number of benzene rings is 1. The Kier molecular flexibility index (Phi) is 7.35. The highest BCUT2D eigenvalue weighted by atomic mass is 35.5. The average molecular weight is 390 g/mol. The molecule has 1 amide bonds. The van der Waals surface area contributed by atoms with Gasteiger partial charge in [-0.05, 0) is 37.8 Å². The first-order chi connectivity index (χ1) is 11.9. The van der Waals surface area contributed by atoms with Gasteiger partial charge >= 0.3 is 5.97 Å². The Labute approximate surface area is 156 Å². The highest BCUT2D eigenvalue weighted by molar-refractivity contribution is 6.42. The van der Waals surface area contributed by atoms with Crippen molar-refractivity contribution < 1.29 is 24.2 Å². The summed E-state index contributed by atoms with van der Waals surface area (Å²) in [4.78, 5) is 23.7. The molecule has 1 aromatic rings. The number of halogens is 2. The van der Waals surface area contributed by atoms with Crippen LogP contribution in [0.2, 0.25) is 10.0 Å². The molecule has 6 nitrogen and oxygen atoms in total. The molecule has 8 heteroatoms. The Morgan fingerprint density at radius 2 is 2.04 bits per heavy atom. The van der Waals surface area contributed by atoms with E-state index in [4.69, 9.17) is 32.7 Å². The molecule has 1 aliphatic heterocycles. The van der Waals surface area contributed by atoms with Crippen molar-refractivity contribution >= 4 is 35.1 Å². The first kappa shape index (κ1) is 19.8. The zero-order chi connectivity index (χ0) is 18.4. The van der Waals surface area contributed by atoms with E-state index in [1.807, 2.05) is 0 Å². The summed E-state index contributed by atoms with van der Waals surface area (Å²) in [5.41, 5.74) is 0. The fourth-order valence-corrected chi connectivity index (χ4v) is 3.08. The largest absolute Gasteiger partial charge is 0.481 e. The van der Waals surface area contributed by atoms with E-state index in [2.05, 4.69) is 5.32 Å². The maximum Gasteiger partial charge on any atom is 0.308 e. The summed E-state index contributed by atoms with van der Waals surface area (Å²) in [6, 6.07) is 4.90. The fraction of sp³-hybridized carbons (Fsp3) is 0.529. The molecule has 0 aromatic heterocycles. The molecule has 1 saturated heterocycles. The maximum absolute atomic E-state index is 12.2. The zero-order valence-corrected chi connectivity index (χ0v) is 15.3. The fourth-order valence-electron chi connectivity index (χ4n) is 2.75. The Balaban J connectivity index is 1.91. The van der Waals surface area contributed by atoms with Crippen molar-refractivity contribution in [1.82, 2.24) is 5.32 Å². The lowest BCUT2D eigenvalue weighted by molar-refractivity contribution is -0.145. The molecule has 1 fully saturated rings. The molecule has 0 saturated carbocycles. The predicted octanol–water partition coefficient (Wildman–Crippen LogP) is 3.00. The van der Waals surface area contributed by atoms with Crippen LogP contribution in [0.3, 0.4) is 0 Å². The average Bonchev–Trinajstić information content (AvgIpc) is 2.59. The number of amides is 1. The van der Waals surface area contributed by atoms with E-state index in [9.17, 15) is 14.7 Å². The Bertz CT molecular complexity index is 619. The quantitative estimate of drug-likeness (QED) is 0.748. The minimum Gasteiger partial charge on any atom is -0.481 e. The topological polar surface area (TPSA) is 84.9 Å². The van der Waals surface area contributed by atoms with Gasteiger partial charge in [0.25, 0.3) is 5.91 Å². The number of carbonyl (C=O) groups excluding carboxylic acids is 1. The van der Waals surface area contributed by atoms with Crippen LogP contribution in [-0.4, -0.2) is 42.8 Å². The summed E-state index contributed by atoms with van der Waals surface area (Å²) in [5.74, 6) is -1.68. The predicted molar refractivity (Wildman–Crippen MR) is 94.2 cm³/mol. The van der Waals surface area contributed by atoms with Gasteiger partial charge in [-0.3, -0.25) is 9.59 Å². The molecule has 1 aliphatic rings. The molecule has 2 N–H and O–H groups in total. The van der Waals surface area contributed by atoms with E-state index < -0.39 is 23.9 Å². The molecule has 0 bridgehead atoms. The number of aliphatic carboxylic acids is 1. The van der Waals surface area contributed by atoms with Gasteiger partial charge in [0.15, 0.2) is 6.10 Å². The molecular weight excluding hydrogens is 369 g/mol. The van der Waals surface area contributed by atoms with Crippen LogP contribution in [0.5, 0.6) is 5.75 Å². The zero-order valence-electron chi connectivity index (χ0n) is 13.8. The van der Waals surface area contributed by atoms with Crippen molar-refractivity contribution in [3.05, 3.63) is 28.2 Å². The molecule has 2 rings (SSSR count). The van der Waals surface area contributed by atoms with Crippen molar-refractivity contribution in [1.29, 1.82) is 0 Å². The van der Waals surface area contributed by atoms with Crippen LogP contribution >= 0.6 is 23.2 Å². The second kappa shape index (κ2) is 9.27. The van der Waals surface area contributed by atoms with Crippen LogP contribution in [0.4, 0.5) is 0 Å². The van der Waals surface area contributed by atoms with Crippen molar-refractivity contribution in [2.24, 2.45) is 11.8 Å². The normalized spacial score (nSPS) is 17.6. The van der Waals surface area contributed by atoms with Gasteiger partial charge in [-0.15, -0.1) is 0 Å². The Hall–Kier alpha value is -1.50. The minimum atomic E-state index is -0.918. The summed E-state index contributed by atoms with van der Waals surface area (Å²) in [5, 5.41) is 12.6. The smallest absolute Gasteiger partial charge is 0.308 e.